The molecule has 0 aliphatic carbocycles. The van der Waals surface area contributed by atoms with Crippen molar-refractivity contribution < 1.29 is 28.8 Å². The van der Waals surface area contributed by atoms with Crippen molar-refractivity contribution in [3.63, 3.8) is 0 Å². The van der Waals surface area contributed by atoms with Gasteiger partial charge in [-0.05, 0) is 25.0 Å². The maximum absolute atomic E-state index is 13.2. The first kappa shape index (κ1) is 23.4. The van der Waals surface area contributed by atoms with Crippen molar-refractivity contribution >= 4 is 6.09 Å². The Labute approximate surface area is 194 Å². The van der Waals surface area contributed by atoms with Crippen LogP contribution >= 0.6 is 0 Å². The van der Waals surface area contributed by atoms with E-state index in [9.17, 15) is 9.90 Å². The number of fused-ring (bicyclic) bond motifs is 1. The van der Waals surface area contributed by atoms with Crippen molar-refractivity contribution in [3.8, 4) is 0 Å². The number of amides is 1. The molecule has 0 saturated carbocycles. The summed E-state index contributed by atoms with van der Waals surface area (Å²) in [5.74, 6) is -0.897. The molecule has 0 unspecified atom stereocenters. The summed E-state index contributed by atoms with van der Waals surface area (Å²) >= 11 is 0. The van der Waals surface area contributed by atoms with E-state index in [0.29, 0.717) is 6.61 Å². The topological polar surface area (TPSA) is 77.5 Å². The molecule has 7 heteroatoms. The Morgan fingerprint density at radius 1 is 1.00 bits per heavy atom. The van der Waals surface area contributed by atoms with Gasteiger partial charge in [-0.1, -0.05) is 72.8 Å². The molecular formula is C26H31NO6. The number of rotatable bonds is 6. The number of ether oxygens (including phenoxy) is 4. The van der Waals surface area contributed by atoms with Gasteiger partial charge in [-0.3, -0.25) is 4.90 Å². The van der Waals surface area contributed by atoms with Crippen LogP contribution in [0.5, 0.6) is 0 Å². The van der Waals surface area contributed by atoms with Gasteiger partial charge in [0.15, 0.2) is 5.79 Å². The minimum absolute atomic E-state index is 0.164. The number of hydrogen-bond acceptors (Lipinski definition) is 6. The van der Waals surface area contributed by atoms with Crippen LogP contribution in [0, 0.1) is 0 Å². The van der Waals surface area contributed by atoms with Crippen LogP contribution in [0.3, 0.4) is 0 Å². The van der Waals surface area contributed by atoms with Crippen LogP contribution in [-0.4, -0.2) is 59.4 Å². The molecule has 0 bridgehead atoms. The molecule has 0 spiro atoms. The second kappa shape index (κ2) is 10.5. The summed E-state index contributed by atoms with van der Waals surface area (Å²) in [7, 11) is 0. The lowest BCUT2D eigenvalue weighted by molar-refractivity contribution is -0.157. The zero-order chi connectivity index (χ0) is 23.3. The van der Waals surface area contributed by atoms with Crippen molar-refractivity contribution in [2.24, 2.45) is 0 Å². The molecule has 2 aliphatic heterocycles. The summed E-state index contributed by atoms with van der Waals surface area (Å²) in [5, 5.41) is 10.6. The molecule has 33 heavy (non-hydrogen) atoms. The molecule has 1 N–H and O–H groups in total. The number of aliphatic hydroxyl groups excluding tert-OH is 1. The largest absolute Gasteiger partial charge is 0.445 e. The van der Waals surface area contributed by atoms with Gasteiger partial charge >= 0.3 is 6.09 Å². The third kappa shape index (κ3) is 6.00. The SMILES string of the molecule is CC1(C)O[C@H]2[C@H](O1)[C@@H](O)/C=C\CN(C(=O)OCc1ccccc1)[C@@H]2COCc1ccccc1. The van der Waals surface area contributed by atoms with E-state index in [4.69, 9.17) is 18.9 Å². The van der Waals surface area contributed by atoms with E-state index < -0.39 is 36.2 Å². The molecular weight excluding hydrogens is 422 g/mol. The average Bonchev–Trinajstić information content (AvgIpc) is 3.14. The third-order valence-electron chi connectivity index (χ3n) is 5.75. The highest BCUT2D eigenvalue weighted by Crippen LogP contribution is 2.35. The molecule has 4 rings (SSSR count). The smallest absolute Gasteiger partial charge is 0.410 e. The zero-order valence-electron chi connectivity index (χ0n) is 19.0. The summed E-state index contributed by atoms with van der Waals surface area (Å²) < 4.78 is 23.8. The minimum atomic E-state index is -0.897. The normalized spacial score (nSPS) is 27.3. The van der Waals surface area contributed by atoms with Gasteiger partial charge in [-0.2, -0.15) is 0 Å². The van der Waals surface area contributed by atoms with Crippen LogP contribution in [0.1, 0.15) is 25.0 Å². The van der Waals surface area contributed by atoms with Gasteiger partial charge in [0.2, 0.25) is 0 Å². The second-order valence-corrected chi connectivity index (χ2v) is 8.74. The quantitative estimate of drug-likeness (QED) is 0.673. The lowest BCUT2D eigenvalue weighted by Gasteiger charge is -2.37. The van der Waals surface area contributed by atoms with Gasteiger partial charge in [0.1, 0.15) is 24.9 Å². The summed E-state index contributed by atoms with van der Waals surface area (Å²) in [5.41, 5.74) is 1.93. The highest BCUT2D eigenvalue weighted by Gasteiger charge is 2.50. The molecule has 0 aromatic heterocycles. The third-order valence-corrected chi connectivity index (χ3v) is 5.75. The van der Waals surface area contributed by atoms with Gasteiger partial charge in [-0.25, -0.2) is 4.79 Å². The van der Waals surface area contributed by atoms with E-state index in [1.807, 2.05) is 60.7 Å². The standard InChI is InChI=1S/C26H31NO6/c1-26(2)32-23-21(18-30-16-19-10-5-3-6-11-19)27(15-9-14-22(28)24(23)33-26)25(29)31-17-20-12-7-4-8-13-20/h3-14,21-24,28H,15-18H2,1-2H3/b14-9-/t21-,22+,23-,24-/m1/s1. The molecule has 7 nitrogen and oxygen atoms in total. The van der Waals surface area contributed by atoms with Gasteiger partial charge < -0.3 is 24.1 Å². The first-order valence-electron chi connectivity index (χ1n) is 11.2. The van der Waals surface area contributed by atoms with E-state index in [-0.39, 0.29) is 19.8 Å². The van der Waals surface area contributed by atoms with Gasteiger partial charge in [0, 0.05) is 6.54 Å². The molecule has 4 atom stereocenters. The first-order chi connectivity index (χ1) is 15.9. The Kier molecular flexibility index (Phi) is 7.45. The van der Waals surface area contributed by atoms with Gasteiger partial charge in [-0.15, -0.1) is 0 Å². The van der Waals surface area contributed by atoms with Crippen LogP contribution in [0.4, 0.5) is 4.79 Å². The molecule has 1 fully saturated rings. The molecule has 2 aliphatic rings. The summed E-state index contributed by atoms with van der Waals surface area (Å²) in [6.07, 6.45) is 0.854. The molecule has 1 amide bonds. The van der Waals surface area contributed by atoms with Crippen molar-refractivity contribution in [2.45, 2.75) is 57.2 Å². The van der Waals surface area contributed by atoms with Crippen molar-refractivity contribution in [2.75, 3.05) is 13.2 Å². The van der Waals surface area contributed by atoms with Crippen LogP contribution in [-0.2, 0) is 32.2 Å². The van der Waals surface area contributed by atoms with E-state index >= 15 is 0 Å². The Balaban J connectivity index is 1.53. The Morgan fingerprint density at radius 3 is 2.27 bits per heavy atom. The molecule has 1 saturated heterocycles. The molecule has 2 heterocycles. The number of aliphatic hydroxyl groups is 1. The number of carbonyl (C=O) groups excluding carboxylic acids is 1. The fourth-order valence-corrected chi connectivity index (χ4v) is 4.18. The highest BCUT2D eigenvalue weighted by atomic mass is 16.8. The predicted octanol–water partition coefficient (Wildman–Crippen LogP) is 3.66. The number of hydrogen-bond donors (Lipinski definition) is 1. The number of nitrogens with zero attached hydrogens (tertiary/aromatic N) is 1. The van der Waals surface area contributed by atoms with Crippen LogP contribution in [0.15, 0.2) is 72.8 Å². The summed E-state index contributed by atoms with van der Waals surface area (Å²) in [6.45, 7) is 4.62. The lowest BCUT2D eigenvalue weighted by atomic mass is 9.98. The van der Waals surface area contributed by atoms with Crippen molar-refractivity contribution in [1.82, 2.24) is 4.90 Å². The summed E-state index contributed by atoms with van der Waals surface area (Å²) in [4.78, 5) is 14.8. The minimum Gasteiger partial charge on any atom is -0.445 e. The van der Waals surface area contributed by atoms with Gasteiger partial charge in [0.05, 0.1) is 19.3 Å². The average molecular weight is 454 g/mol. The van der Waals surface area contributed by atoms with Crippen molar-refractivity contribution in [3.05, 3.63) is 83.9 Å². The van der Waals surface area contributed by atoms with Gasteiger partial charge in [0.25, 0.3) is 0 Å². The Morgan fingerprint density at radius 2 is 1.61 bits per heavy atom. The molecule has 2 aromatic carbocycles. The lowest BCUT2D eigenvalue weighted by Crippen LogP contribution is -2.55. The maximum atomic E-state index is 13.2. The Bertz CT molecular complexity index is 932. The van der Waals surface area contributed by atoms with E-state index in [1.54, 1.807) is 30.9 Å². The van der Waals surface area contributed by atoms with Crippen molar-refractivity contribution in [1.29, 1.82) is 0 Å². The van der Waals surface area contributed by atoms with Crippen LogP contribution < -0.4 is 0 Å². The maximum Gasteiger partial charge on any atom is 0.410 e. The summed E-state index contributed by atoms with van der Waals surface area (Å²) in [6, 6.07) is 18.9. The van der Waals surface area contributed by atoms with E-state index in [1.165, 1.54) is 0 Å². The highest BCUT2D eigenvalue weighted by molar-refractivity contribution is 5.68. The number of benzene rings is 2. The number of carbonyl (C=O) groups is 1. The van der Waals surface area contributed by atoms with Crippen LogP contribution in [0.25, 0.3) is 0 Å². The second-order valence-electron chi connectivity index (χ2n) is 8.74. The van der Waals surface area contributed by atoms with E-state index in [0.717, 1.165) is 11.1 Å². The van der Waals surface area contributed by atoms with E-state index in [2.05, 4.69) is 0 Å². The Hall–Kier alpha value is -2.71. The van der Waals surface area contributed by atoms with Crippen LogP contribution in [0.2, 0.25) is 0 Å². The molecule has 176 valence electrons. The molecule has 0 radical (unpaired) electrons. The fraction of sp³-hybridized carbons (Fsp3) is 0.423. The molecule has 2 aromatic rings. The first-order valence-corrected chi connectivity index (χ1v) is 11.2. The zero-order valence-corrected chi connectivity index (χ0v) is 19.0. The predicted molar refractivity (Wildman–Crippen MR) is 122 cm³/mol. The fourth-order valence-electron chi connectivity index (χ4n) is 4.18. The monoisotopic (exact) mass is 453 g/mol.